The predicted octanol–water partition coefficient (Wildman–Crippen LogP) is 3.46. The fraction of sp³-hybridized carbons (Fsp3) is 0.667. The summed E-state index contributed by atoms with van der Waals surface area (Å²) in [6.45, 7) is 0. The van der Waals surface area contributed by atoms with Gasteiger partial charge >= 0.3 is 5.69 Å². The summed E-state index contributed by atoms with van der Waals surface area (Å²) in [7, 11) is 0. The maximum absolute atomic E-state index is 11.7. The highest BCUT2D eigenvalue weighted by atomic mass is 35.5. The molecule has 0 atom stereocenters. The van der Waals surface area contributed by atoms with Crippen molar-refractivity contribution in [2.45, 2.75) is 57.8 Å². The monoisotopic (exact) mass is 313 g/mol. The van der Waals surface area contributed by atoms with Gasteiger partial charge in [0.1, 0.15) is 5.82 Å². The number of aromatic nitrogens is 2. The smallest absolute Gasteiger partial charge is 0.312 e. The Hall–Kier alpha value is -1.36. The molecule has 5 nitrogen and oxygen atoms in total. The first-order chi connectivity index (χ1) is 10.2. The Morgan fingerprint density at radius 3 is 2.33 bits per heavy atom. The fourth-order valence-electron chi connectivity index (χ4n) is 2.09. The zero-order valence-corrected chi connectivity index (χ0v) is 13.1. The molecule has 1 aromatic rings. The zero-order chi connectivity index (χ0) is 15.3. The average Bonchev–Trinajstić information content (AvgIpc) is 2.45. The minimum absolute atomic E-state index is 0.0704. The van der Waals surface area contributed by atoms with Gasteiger partial charge in [-0.3, -0.25) is 9.78 Å². The van der Waals surface area contributed by atoms with Crippen molar-refractivity contribution in [2.75, 3.05) is 11.2 Å². The number of anilines is 1. The topological polar surface area (TPSA) is 74.8 Å². The summed E-state index contributed by atoms with van der Waals surface area (Å²) in [5, 5.41) is 2.66. The number of nitrogens with zero attached hydrogens (tertiary/aromatic N) is 1. The Kier molecular flexibility index (Phi) is 9.53. The number of halogens is 1. The minimum atomic E-state index is -0.457. The third-order valence-electron chi connectivity index (χ3n) is 3.24. The summed E-state index contributed by atoms with van der Waals surface area (Å²) in [4.78, 5) is 28.6. The Labute approximate surface area is 130 Å². The molecule has 2 N–H and O–H groups in total. The van der Waals surface area contributed by atoms with Crippen LogP contribution >= 0.6 is 11.6 Å². The van der Waals surface area contributed by atoms with Gasteiger partial charge in [0.25, 0.3) is 0 Å². The lowest BCUT2D eigenvalue weighted by Crippen LogP contribution is -2.17. The van der Waals surface area contributed by atoms with Gasteiger partial charge in [0.2, 0.25) is 5.91 Å². The first-order valence-electron chi connectivity index (χ1n) is 7.63. The van der Waals surface area contributed by atoms with Crippen molar-refractivity contribution < 1.29 is 4.79 Å². The van der Waals surface area contributed by atoms with Crippen LogP contribution in [0.5, 0.6) is 0 Å². The van der Waals surface area contributed by atoms with Gasteiger partial charge in [-0.1, -0.05) is 38.5 Å². The van der Waals surface area contributed by atoms with Crippen molar-refractivity contribution in [3.05, 3.63) is 22.7 Å². The molecule has 1 heterocycles. The lowest BCUT2D eigenvalue weighted by Gasteiger charge is -2.04. The quantitative estimate of drug-likeness (QED) is 0.485. The van der Waals surface area contributed by atoms with Crippen LogP contribution < -0.4 is 11.0 Å². The lowest BCUT2D eigenvalue weighted by molar-refractivity contribution is -0.116. The van der Waals surface area contributed by atoms with Gasteiger partial charge in [0, 0.05) is 18.5 Å². The summed E-state index contributed by atoms with van der Waals surface area (Å²) < 4.78 is 0. The first-order valence-corrected chi connectivity index (χ1v) is 8.17. The summed E-state index contributed by atoms with van der Waals surface area (Å²) >= 11 is 5.62. The Morgan fingerprint density at radius 2 is 1.71 bits per heavy atom. The van der Waals surface area contributed by atoms with Crippen LogP contribution in [0.4, 0.5) is 5.82 Å². The summed E-state index contributed by atoms with van der Waals surface area (Å²) in [6.07, 6.45) is 11.0. The Balaban J connectivity index is 2.00. The Morgan fingerprint density at radius 1 is 1.10 bits per heavy atom. The molecule has 0 aliphatic heterocycles. The number of aromatic amines is 1. The van der Waals surface area contributed by atoms with Gasteiger partial charge < -0.3 is 5.32 Å². The molecule has 118 valence electrons. The van der Waals surface area contributed by atoms with Crippen molar-refractivity contribution in [1.82, 2.24) is 9.97 Å². The van der Waals surface area contributed by atoms with E-state index in [-0.39, 0.29) is 5.91 Å². The molecule has 0 spiro atoms. The van der Waals surface area contributed by atoms with E-state index in [1.54, 1.807) is 6.07 Å². The molecule has 1 rings (SSSR count). The van der Waals surface area contributed by atoms with Crippen LogP contribution in [-0.2, 0) is 4.79 Å². The first kappa shape index (κ1) is 17.7. The standard InChI is InChI=1S/C15H24ClN3O2/c16-11-8-6-4-2-1-3-5-7-9-14(20)18-13-10-12-17-15(21)19-13/h10,12H,1-9,11H2,(H2,17,18,19,20,21). The molecular formula is C15H24ClN3O2. The number of hydrogen-bond donors (Lipinski definition) is 2. The summed E-state index contributed by atoms with van der Waals surface area (Å²) in [6, 6.07) is 1.57. The number of unbranched alkanes of at least 4 members (excludes halogenated alkanes) is 7. The number of carbonyl (C=O) groups excluding carboxylic acids is 1. The molecule has 21 heavy (non-hydrogen) atoms. The molecule has 1 aromatic heterocycles. The number of carbonyl (C=O) groups is 1. The second-order valence-corrected chi connectivity index (χ2v) is 5.48. The van der Waals surface area contributed by atoms with E-state index in [2.05, 4.69) is 15.3 Å². The van der Waals surface area contributed by atoms with Crippen molar-refractivity contribution in [1.29, 1.82) is 0 Å². The normalized spacial score (nSPS) is 10.5. The van der Waals surface area contributed by atoms with Gasteiger partial charge in [0.15, 0.2) is 0 Å². The molecule has 0 radical (unpaired) electrons. The van der Waals surface area contributed by atoms with Gasteiger partial charge in [0.05, 0.1) is 0 Å². The van der Waals surface area contributed by atoms with Gasteiger partial charge in [-0.05, 0) is 18.9 Å². The second kappa shape index (κ2) is 11.3. The minimum Gasteiger partial charge on any atom is -0.312 e. The van der Waals surface area contributed by atoms with E-state index in [9.17, 15) is 9.59 Å². The molecule has 1 amide bonds. The second-order valence-electron chi connectivity index (χ2n) is 5.10. The van der Waals surface area contributed by atoms with Crippen LogP contribution in [0.25, 0.3) is 0 Å². The molecule has 0 aromatic carbocycles. The van der Waals surface area contributed by atoms with Crippen molar-refractivity contribution in [3.63, 3.8) is 0 Å². The predicted molar refractivity (Wildman–Crippen MR) is 85.8 cm³/mol. The van der Waals surface area contributed by atoms with Crippen LogP contribution in [0.15, 0.2) is 17.1 Å². The highest BCUT2D eigenvalue weighted by Gasteiger charge is 2.02. The maximum atomic E-state index is 11.7. The molecule has 0 saturated carbocycles. The molecule has 6 heteroatoms. The summed E-state index contributed by atoms with van der Waals surface area (Å²) in [5.74, 6) is 1.09. The zero-order valence-electron chi connectivity index (χ0n) is 12.4. The van der Waals surface area contributed by atoms with Crippen molar-refractivity contribution >= 4 is 23.3 Å². The number of amides is 1. The van der Waals surface area contributed by atoms with Gasteiger partial charge in [-0.2, -0.15) is 0 Å². The van der Waals surface area contributed by atoms with Crippen LogP contribution in [0.1, 0.15) is 57.8 Å². The SMILES string of the molecule is O=C(CCCCCCCCCCCl)Nc1ccnc(=O)[nH]1. The molecule has 0 saturated heterocycles. The molecule has 0 aliphatic rings. The van der Waals surface area contributed by atoms with E-state index in [0.717, 1.165) is 25.1 Å². The molecule has 0 aliphatic carbocycles. The van der Waals surface area contributed by atoms with Crippen LogP contribution in [0.3, 0.4) is 0 Å². The van der Waals surface area contributed by atoms with Crippen LogP contribution in [0.2, 0.25) is 0 Å². The highest BCUT2D eigenvalue weighted by Crippen LogP contribution is 2.10. The molecule has 0 fully saturated rings. The number of rotatable bonds is 11. The van der Waals surface area contributed by atoms with Crippen molar-refractivity contribution in [2.24, 2.45) is 0 Å². The average molecular weight is 314 g/mol. The number of hydrogen-bond acceptors (Lipinski definition) is 3. The van der Waals surface area contributed by atoms with Crippen molar-refractivity contribution in [3.8, 4) is 0 Å². The molecule has 0 bridgehead atoms. The van der Waals surface area contributed by atoms with E-state index in [1.807, 2.05) is 0 Å². The fourth-order valence-corrected chi connectivity index (χ4v) is 2.28. The lowest BCUT2D eigenvalue weighted by atomic mass is 10.1. The van der Waals surface area contributed by atoms with Crippen LogP contribution in [-0.4, -0.2) is 21.8 Å². The Bertz CT molecular complexity index is 462. The molecule has 0 unspecified atom stereocenters. The van der Waals surface area contributed by atoms with Crippen LogP contribution in [0, 0.1) is 0 Å². The number of nitrogens with one attached hydrogen (secondary N) is 2. The third-order valence-corrected chi connectivity index (χ3v) is 3.50. The third kappa shape index (κ3) is 9.24. The van der Waals surface area contributed by atoms with Gasteiger partial charge in [-0.25, -0.2) is 9.78 Å². The number of alkyl halides is 1. The summed E-state index contributed by atoms with van der Waals surface area (Å²) in [5.41, 5.74) is -0.457. The largest absolute Gasteiger partial charge is 0.346 e. The van der Waals surface area contributed by atoms with E-state index in [1.165, 1.54) is 38.3 Å². The molecular weight excluding hydrogens is 290 g/mol. The van der Waals surface area contributed by atoms with E-state index >= 15 is 0 Å². The van der Waals surface area contributed by atoms with E-state index < -0.39 is 5.69 Å². The van der Waals surface area contributed by atoms with E-state index in [4.69, 9.17) is 11.6 Å². The van der Waals surface area contributed by atoms with Gasteiger partial charge in [-0.15, -0.1) is 11.6 Å². The highest BCUT2D eigenvalue weighted by molar-refractivity contribution is 6.17. The number of H-pyrrole nitrogens is 1. The maximum Gasteiger partial charge on any atom is 0.346 e. The van der Waals surface area contributed by atoms with E-state index in [0.29, 0.717) is 12.2 Å².